The minimum atomic E-state index is -0.201. The van der Waals surface area contributed by atoms with Crippen LogP contribution in [0.25, 0.3) is 0 Å². The highest BCUT2D eigenvalue weighted by atomic mass is 32.1. The molecule has 0 radical (unpaired) electrons. The van der Waals surface area contributed by atoms with Crippen LogP contribution in [-0.2, 0) is 6.42 Å². The lowest BCUT2D eigenvalue weighted by molar-refractivity contribution is 0.577. The molecule has 0 saturated heterocycles. The van der Waals surface area contributed by atoms with Crippen LogP contribution in [-0.4, -0.2) is 16.6 Å². The standard InChI is InChI=1S/C13H16FN3S/c1-3-6-11-13(18-17-16-11)12(15-2)9-7-4-5-8-10(9)14/h4-5,7-8,12,15H,3,6H2,1-2H3. The van der Waals surface area contributed by atoms with Gasteiger partial charge in [-0.1, -0.05) is 36.0 Å². The molecule has 1 aromatic heterocycles. The van der Waals surface area contributed by atoms with Gasteiger partial charge in [0.25, 0.3) is 0 Å². The van der Waals surface area contributed by atoms with Gasteiger partial charge in [0.2, 0.25) is 0 Å². The Balaban J connectivity index is 2.39. The van der Waals surface area contributed by atoms with Crippen molar-refractivity contribution < 1.29 is 4.39 Å². The van der Waals surface area contributed by atoms with Crippen molar-refractivity contribution >= 4 is 11.5 Å². The number of hydrogen-bond acceptors (Lipinski definition) is 4. The van der Waals surface area contributed by atoms with Gasteiger partial charge in [0.15, 0.2) is 0 Å². The Kier molecular flexibility index (Phi) is 4.38. The first-order valence-electron chi connectivity index (χ1n) is 6.00. The maximum atomic E-state index is 13.9. The first-order chi connectivity index (χ1) is 8.77. The number of benzene rings is 1. The number of aromatic nitrogens is 2. The molecule has 0 amide bonds. The second kappa shape index (κ2) is 6.02. The molecule has 0 aliphatic rings. The van der Waals surface area contributed by atoms with E-state index in [4.69, 9.17) is 0 Å². The maximum absolute atomic E-state index is 13.9. The highest BCUT2D eigenvalue weighted by Crippen LogP contribution is 2.28. The molecule has 1 unspecified atom stereocenters. The summed E-state index contributed by atoms with van der Waals surface area (Å²) >= 11 is 1.34. The molecule has 1 atom stereocenters. The number of halogens is 1. The van der Waals surface area contributed by atoms with Gasteiger partial charge in [0, 0.05) is 5.56 Å². The van der Waals surface area contributed by atoms with Crippen LogP contribution < -0.4 is 5.32 Å². The van der Waals surface area contributed by atoms with E-state index in [1.54, 1.807) is 12.1 Å². The summed E-state index contributed by atoms with van der Waals surface area (Å²) in [5, 5.41) is 7.29. The largest absolute Gasteiger partial charge is 0.308 e. The Morgan fingerprint density at radius 3 is 2.83 bits per heavy atom. The number of hydrogen-bond donors (Lipinski definition) is 1. The number of rotatable bonds is 5. The fourth-order valence-electron chi connectivity index (χ4n) is 1.98. The van der Waals surface area contributed by atoms with Crippen molar-refractivity contribution in [2.75, 3.05) is 7.05 Å². The lowest BCUT2D eigenvalue weighted by Gasteiger charge is -2.16. The summed E-state index contributed by atoms with van der Waals surface area (Å²) in [6, 6.07) is 6.65. The van der Waals surface area contributed by atoms with Gasteiger partial charge in [-0.05, 0) is 31.1 Å². The monoisotopic (exact) mass is 265 g/mol. The molecular formula is C13H16FN3S. The van der Waals surface area contributed by atoms with Gasteiger partial charge in [0.1, 0.15) is 5.82 Å². The SMILES string of the molecule is CCCc1nnsc1C(NC)c1ccccc1F. The van der Waals surface area contributed by atoms with E-state index in [0.717, 1.165) is 23.4 Å². The summed E-state index contributed by atoms with van der Waals surface area (Å²) in [5.41, 5.74) is 1.61. The molecule has 5 heteroatoms. The Bertz CT molecular complexity index is 512. The molecule has 0 spiro atoms. The van der Waals surface area contributed by atoms with Crippen molar-refractivity contribution in [1.29, 1.82) is 0 Å². The van der Waals surface area contributed by atoms with Gasteiger partial charge >= 0.3 is 0 Å². The van der Waals surface area contributed by atoms with Crippen molar-refractivity contribution in [3.05, 3.63) is 46.2 Å². The molecule has 1 heterocycles. The van der Waals surface area contributed by atoms with Crippen LogP contribution in [0, 0.1) is 5.82 Å². The highest BCUT2D eigenvalue weighted by molar-refractivity contribution is 7.05. The fourth-order valence-corrected chi connectivity index (χ4v) is 2.81. The van der Waals surface area contributed by atoms with Crippen molar-refractivity contribution in [3.63, 3.8) is 0 Å². The van der Waals surface area contributed by atoms with Crippen LogP contribution in [0.3, 0.4) is 0 Å². The third-order valence-electron chi connectivity index (χ3n) is 2.84. The molecule has 0 saturated carbocycles. The highest BCUT2D eigenvalue weighted by Gasteiger charge is 2.21. The summed E-state index contributed by atoms with van der Waals surface area (Å²) in [5.74, 6) is -0.201. The third-order valence-corrected chi connectivity index (χ3v) is 3.67. The quantitative estimate of drug-likeness (QED) is 0.903. The van der Waals surface area contributed by atoms with Crippen molar-refractivity contribution in [2.24, 2.45) is 0 Å². The van der Waals surface area contributed by atoms with E-state index >= 15 is 0 Å². The van der Waals surface area contributed by atoms with Crippen LogP contribution in [0.2, 0.25) is 0 Å². The van der Waals surface area contributed by atoms with Gasteiger partial charge in [-0.2, -0.15) is 0 Å². The van der Waals surface area contributed by atoms with Crippen molar-refractivity contribution in [1.82, 2.24) is 14.9 Å². The van der Waals surface area contributed by atoms with E-state index in [1.165, 1.54) is 17.6 Å². The van der Waals surface area contributed by atoms with E-state index in [-0.39, 0.29) is 11.9 Å². The van der Waals surface area contributed by atoms with E-state index in [9.17, 15) is 4.39 Å². The van der Waals surface area contributed by atoms with Crippen LogP contribution in [0.1, 0.15) is 35.5 Å². The van der Waals surface area contributed by atoms with Gasteiger partial charge in [-0.3, -0.25) is 0 Å². The number of aryl methyl sites for hydroxylation is 1. The fraction of sp³-hybridized carbons (Fsp3) is 0.385. The summed E-state index contributed by atoms with van der Waals surface area (Å²) < 4.78 is 17.9. The molecule has 2 rings (SSSR count). The Morgan fingerprint density at radius 1 is 1.39 bits per heavy atom. The lowest BCUT2D eigenvalue weighted by atomic mass is 10.0. The molecule has 1 aromatic carbocycles. The van der Waals surface area contributed by atoms with Gasteiger partial charge in [0.05, 0.1) is 16.6 Å². The lowest BCUT2D eigenvalue weighted by Crippen LogP contribution is -2.19. The predicted molar refractivity (Wildman–Crippen MR) is 71.2 cm³/mol. The minimum absolute atomic E-state index is 0.173. The Hall–Kier alpha value is -1.33. The van der Waals surface area contributed by atoms with Gasteiger partial charge in [-0.15, -0.1) is 5.10 Å². The number of nitrogens with one attached hydrogen (secondary N) is 1. The zero-order valence-electron chi connectivity index (χ0n) is 10.5. The molecule has 1 N–H and O–H groups in total. The number of nitrogens with zero attached hydrogens (tertiary/aromatic N) is 2. The topological polar surface area (TPSA) is 37.8 Å². The van der Waals surface area contributed by atoms with Crippen LogP contribution in [0.5, 0.6) is 0 Å². The van der Waals surface area contributed by atoms with E-state index in [2.05, 4.69) is 21.8 Å². The molecule has 0 aliphatic heterocycles. The van der Waals surface area contributed by atoms with Crippen LogP contribution in [0.15, 0.2) is 24.3 Å². The molecule has 2 aromatic rings. The Labute approximate surface area is 110 Å². The molecule has 3 nitrogen and oxygen atoms in total. The molecule has 0 aliphatic carbocycles. The molecule has 96 valence electrons. The average molecular weight is 265 g/mol. The molecular weight excluding hydrogens is 249 g/mol. The van der Waals surface area contributed by atoms with Gasteiger partial charge in [-0.25, -0.2) is 4.39 Å². The summed E-state index contributed by atoms with van der Waals surface area (Å²) in [6.07, 6.45) is 1.88. The summed E-state index contributed by atoms with van der Waals surface area (Å²) in [7, 11) is 1.83. The zero-order valence-corrected chi connectivity index (χ0v) is 11.3. The third kappa shape index (κ3) is 2.57. The first-order valence-corrected chi connectivity index (χ1v) is 6.78. The smallest absolute Gasteiger partial charge is 0.128 e. The van der Waals surface area contributed by atoms with E-state index < -0.39 is 0 Å². The minimum Gasteiger partial charge on any atom is -0.308 e. The molecule has 0 fully saturated rings. The maximum Gasteiger partial charge on any atom is 0.128 e. The zero-order chi connectivity index (χ0) is 13.0. The van der Waals surface area contributed by atoms with Crippen LogP contribution in [0.4, 0.5) is 4.39 Å². The average Bonchev–Trinajstić information content (AvgIpc) is 2.82. The predicted octanol–water partition coefficient (Wildman–Crippen LogP) is 2.94. The van der Waals surface area contributed by atoms with Gasteiger partial charge < -0.3 is 5.32 Å². The van der Waals surface area contributed by atoms with Crippen molar-refractivity contribution in [2.45, 2.75) is 25.8 Å². The second-order valence-electron chi connectivity index (χ2n) is 4.08. The van der Waals surface area contributed by atoms with Crippen molar-refractivity contribution in [3.8, 4) is 0 Å². The first kappa shape index (κ1) is 13.1. The normalized spacial score (nSPS) is 12.6. The second-order valence-corrected chi connectivity index (χ2v) is 4.86. The molecule has 0 bridgehead atoms. The summed E-state index contributed by atoms with van der Waals surface area (Å²) in [6.45, 7) is 2.10. The molecule has 18 heavy (non-hydrogen) atoms. The van der Waals surface area contributed by atoms with E-state index in [1.807, 2.05) is 13.1 Å². The van der Waals surface area contributed by atoms with Crippen LogP contribution >= 0.6 is 11.5 Å². The Morgan fingerprint density at radius 2 is 2.17 bits per heavy atom. The summed E-state index contributed by atoms with van der Waals surface area (Å²) in [4.78, 5) is 1.00. The van der Waals surface area contributed by atoms with E-state index in [0.29, 0.717) is 5.56 Å².